The molecule has 3 nitrogen and oxygen atoms in total. The van der Waals surface area contributed by atoms with Gasteiger partial charge < -0.3 is 0 Å². The number of halogens is 1. The Morgan fingerprint density at radius 3 is 3.00 bits per heavy atom. The van der Waals surface area contributed by atoms with Gasteiger partial charge in [0.2, 0.25) is 0 Å². The summed E-state index contributed by atoms with van der Waals surface area (Å²) in [7, 11) is 0. The SMILES string of the molecule is CCCc1cc(Cl)nc(-c2cnc3ccsc3c2)n1. The molecule has 0 amide bonds. The van der Waals surface area contributed by atoms with Crippen LogP contribution in [0.1, 0.15) is 19.0 Å². The van der Waals surface area contributed by atoms with Crippen LogP contribution in [-0.2, 0) is 6.42 Å². The summed E-state index contributed by atoms with van der Waals surface area (Å²) in [4.78, 5) is 13.3. The Bertz CT molecular complexity index is 724. The van der Waals surface area contributed by atoms with E-state index in [2.05, 4.69) is 27.9 Å². The Morgan fingerprint density at radius 1 is 1.26 bits per heavy atom. The quantitative estimate of drug-likeness (QED) is 0.673. The van der Waals surface area contributed by atoms with E-state index in [-0.39, 0.29) is 0 Å². The molecule has 0 fully saturated rings. The van der Waals surface area contributed by atoms with E-state index in [1.165, 1.54) is 0 Å². The number of hydrogen-bond donors (Lipinski definition) is 0. The lowest BCUT2D eigenvalue weighted by atomic mass is 10.2. The third kappa shape index (κ3) is 2.60. The summed E-state index contributed by atoms with van der Waals surface area (Å²) in [5, 5.41) is 2.52. The van der Waals surface area contributed by atoms with E-state index in [0.717, 1.165) is 34.3 Å². The van der Waals surface area contributed by atoms with Crippen LogP contribution in [0.5, 0.6) is 0 Å². The van der Waals surface area contributed by atoms with E-state index < -0.39 is 0 Å². The maximum absolute atomic E-state index is 6.06. The van der Waals surface area contributed by atoms with Gasteiger partial charge in [-0.3, -0.25) is 4.98 Å². The Balaban J connectivity index is 2.09. The van der Waals surface area contributed by atoms with E-state index in [0.29, 0.717) is 11.0 Å². The summed E-state index contributed by atoms with van der Waals surface area (Å²) in [5.41, 5.74) is 2.89. The molecule has 0 aliphatic heterocycles. The molecule has 0 saturated carbocycles. The summed E-state index contributed by atoms with van der Waals surface area (Å²) in [6.07, 6.45) is 3.75. The highest BCUT2D eigenvalue weighted by Crippen LogP contribution is 2.25. The molecule has 96 valence electrons. The first-order chi connectivity index (χ1) is 9.26. The molecule has 0 N–H and O–H groups in total. The van der Waals surface area contributed by atoms with Gasteiger partial charge >= 0.3 is 0 Å². The first kappa shape index (κ1) is 12.5. The van der Waals surface area contributed by atoms with Crippen molar-refractivity contribution in [3.8, 4) is 11.4 Å². The Hall–Kier alpha value is -1.52. The molecule has 0 saturated heterocycles. The molecule has 3 aromatic rings. The van der Waals surface area contributed by atoms with Crippen LogP contribution in [-0.4, -0.2) is 15.0 Å². The summed E-state index contributed by atoms with van der Waals surface area (Å²) in [6, 6.07) is 5.89. The highest BCUT2D eigenvalue weighted by molar-refractivity contribution is 7.17. The monoisotopic (exact) mass is 289 g/mol. The lowest BCUT2D eigenvalue weighted by molar-refractivity contribution is 0.875. The first-order valence-corrected chi connectivity index (χ1v) is 7.39. The Kier molecular flexibility index (Phi) is 3.44. The van der Waals surface area contributed by atoms with E-state index in [1.807, 2.05) is 17.5 Å². The predicted molar refractivity (Wildman–Crippen MR) is 79.7 cm³/mol. The van der Waals surface area contributed by atoms with Gasteiger partial charge in [0.25, 0.3) is 0 Å². The average molecular weight is 290 g/mol. The minimum Gasteiger partial charge on any atom is -0.255 e. The molecule has 3 heterocycles. The Morgan fingerprint density at radius 2 is 2.16 bits per heavy atom. The number of aromatic nitrogens is 3. The second-order valence-electron chi connectivity index (χ2n) is 4.28. The lowest BCUT2D eigenvalue weighted by Crippen LogP contribution is -1.96. The van der Waals surface area contributed by atoms with Gasteiger partial charge in [-0.1, -0.05) is 24.9 Å². The molecule has 3 aromatic heterocycles. The van der Waals surface area contributed by atoms with Crippen molar-refractivity contribution in [3.63, 3.8) is 0 Å². The summed E-state index contributed by atoms with van der Waals surface area (Å²) < 4.78 is 1.14. The molecule has 3 rings (SSSR count). The van der Waals surface area contributed by atoms with E-state index in [9.17, 15) is 0 Å². The molecule has 0 spiro atoms. The summed E-state index contributed by atoms with van der Waals surface area (Å²) in [5.74, 6) is 0.652. The Labute approximate surface area is 120 Å². The number of pyridine rings is 1. The minimum atomic E-state index is 0.486. The van der Waals surface area contributed by atoms with Gasteiger partial charge in [0.05, 0.1) is 10.2 Å². The van der Waals surface area contributed by atoms with Crippen LogP contribution in [0.15, 0.2) is 29.8 Å². The summed E-state index contributed by atoms with van der Waals surface area (Å²) >= 11 is 7.73. The predicted octanol–water partition coefficient (Wildman–Crippen LogP) is 4.36. The fourth-order valence-electron chi connectivity index (χ4n) is 1.95. The zero-order valence-electron chi connectivity index (χ0n) is 10.4. The fourth-order valence-corrected chi connectivity index (χ4v) is 2.93. The minimum absolute atomic E-state index is 0.486. The number of aryl methyl sites for hydroxylation is 1. The lowest BCUT2D eigenvalue weighted by Gasteiger charge is -2.04. The van der Waals surface area contributed by atoms with E-state index >= 15 is 0 Å². The first-order valence-electron chi connectivity index (χ1n) is 6.13. The van der Waals surface area contributed by atoms with Crippen molar-refractivity contribution in [3.05, 3.63) is 40.6 Å². The molecule has 19 heavy (non-hydrogen) atoms. The van der Waals surface area contributed by atoms with Crippen molar-refractivity contribution >= 4 is 33.2 Å². The standard InChI is InChI=1S/C14H12ClN3S/c1-2-3-10-7-13(15)18-14(17-10)9-6-12-11(16-8-9)4-5-19-12/h4-8H,2-3H2,1H3. The molecule has 0 unspecified atom stereocenters. The second kappa shape index (κ2) is 5.23. The topological polar surface area (TPSA) is 38.7 Å². The van der Waals surface area contributed by atoms with Gasteiger partial charge in [0, 0.05) is 17.5 Å². The van der Waals surface area contributed by atoms with Gasteiger partial charge in [-0.05, 0) is 30.0 Å². The summed E-state index contributed by atoms with van der Waals surface area (Å²) in [6.45, 7) is 2.12. The molecule has 0 aliphatic rings. The van der Waals surface area contributed by atoms with E-state index in [1.54, 1.807) is 17.5 Å². The van der Waals surface area contributed by atoms with Crippen molar-refractivity contribution in [2.75, 3.05) is 0 Å². The zero-order valence-corrected chi connectivity index (χ0v) is 12.0. The number of rotatable bonds is 3. The number of thiophene rings is 1. The zero-order chi connectivity index (χ0) is 13.2. The van der Waals surface area contributed by atoms with Crippen LogP contribution in [0, 0.1) is 0 Å². The van der Waals surface area contributed by atoms with Crippen LogP contribution >= 0.6 is 22.9 Å². The maximum Gasteiger partial charge on any atom is 0.162 e. The average Bonchev–Trinajstić information content (AvgIpc) is 2.85. The van der Waals surface area contributed by atoms with Crippen molar-refractivity contribution in [2.24, 2.45) is 0 Å². The molecule has 0 atom stereocenters. The molecule has 0 aromatic carbocycles. The van der Waals surface area contributed by atoms with Crippen molar-refractivity contribution in [1.29, 1.82) is 0 Å². The highest BCUT2D eigenvalue weighted by atomic mass is 35.5. The molecular weight excluding hydrogens is 278 g/mol. The van der Waals surface area contributed by atoms with E-state index in [4.69, 9.17) is 11.6 Å². The number of fused-ring (bicyclic) bond motifs is 1. The van der Waals surface area contributed by atoms with Crippen LogP contribution in [0.25, 0.3) is 21.6 Å². The highest BCUT2D eigenvalue weighted by Gasteiger charge is 2.07. The molecule has 0 radical (unpaired) electrons. The third-order valence-corrected chi connectivity index (χ3v) is 3.86. The van der Waals surface area contributed by atoms with Crippen molar-refractivity contribution < 1.29 is 0 Å². The van der Waals surface area contributed by atoms with Crippen LogP contribution in [0.4, 0.5) is 0 Å². The molecule has 0 aliphatic carbocycles. The van der Waals surface area contributed by atoms with Gasteiger partial charge in [0.1, 0.15) is 5.15 Å². The van der Waals surface area contributed by atoms with Crippen LogP contribution < -0.4 is 0 Å². The van der Waals surface area contributed by atoms with Gasteiger partial charge in [-0.15, -0.1) is 11.3 Å². The van der Waals surface area contributed by atoms with Crippen LogP contribution in [0.2, 0.25) is 5.15 Å². The normalized spacial score (nSPS) is 11.1. The van der Waals surface area contributed by atoms with Gasteiger partial charge in [-0.25, -0.2) is 9.97 Å². The third-order valence-electron chi connectivity index (χ3n) is 2.81. The molecule has 5 heteroatoms. The maximum atomic E-state index is 6.06. The number of hydrogen-bond acceptors (Lipinski definition) is 4. The second-order valence-corrected chi connectivity index (χ2v) is 5.62. The van der Waals surface area contributed by atoms with Crippen molar-refractivity contribution in [2.45, 2.75) is 19.8 Å². The molecular formula is C14H12ClN3S. The number of nitrogens with zero attached hydrogens (tertiary/aromatic N) is 3. The van der Waals surface area contributed by atoms with Crippen molar-refractivity contribution in [1.82, 2.24) is 15.0 Å². The van der Waals surface area contributed by atoms with Gasteiger partial charge in [-0.2, -0.15) is 0 Å². The van der Waals surface area contributed by atoms with Crippen LogP contribution in [0.3, 0.4) is 0 Å². The molecule has 0 bridgehead atoms. The smallest absolute Gasteiger partial charge is 0.162 e. The van der Waals surface area contributed by atoms with Gasteiger partial charge in [0.15, 0.2) is 5.82 Å². The largest absolute Gasteiger partial charge is 0.255 e. The fraction of sp³-hybridized carbons (Fsp3) is 0.214.